The molecule has 0 radical (unpaired) electrons. The average molecular weight is 262 g/mol. The lowest BCUT2D eigenvalue weighted by Crippen LogP contribution is -2.21. The summed E-state index contributed by atoms with van der Waals surface area (Å²) < 4.78 is 38.6. The second-order valence-electron chi connectivity index (χ2n) is 4.00. The molecule has 0 bridgehead atoms. The highest BCUT2D eigenvalue weighted by molar-refractivity contribution is 5.37. The zero-order chi connectivity index (χ0) is 14.2. The molecule has 0 fully saturated rings. The Kier molecular flexibility index (Phi) is 7.67. The lowest BCUT2D eigenvalue weighted by Gasteiger charge is -2.20. The molecule has 0 saturated heterocycles. The second kappa shape index (κ2) is 8.14. The third kappa shape index (κ3) is 5.54. The van der Waals surface area contributed by atoms with Gasteiger partial charge in [0, 0.05) is 0 Å². The highest BCUT2D eigenvalue weighted by Gasteiger charge is 2.37. The van der Waals surface area contributed by atoms with Gasteiger partial charge in [0.2, 0.25) is 0 Å². The maximum absolute atomic E-state index is 12.9. The Morgan fingerprint density at radius 1 is 1.39 bits per heavy atom. The second-order valence-corrected chi connectivity index (χ2v) is 4.00. The van der Waals surface area contributed by atoms with Crippen LogP contribution in [-0.4, -0.2) is 17.4 Å². The molecule has 0 aromatic carbocycles. The van der Waals surface area contributed by atoms with Crippen LogP contribution in [0, 0.1) is 0 Å². The molecule has 0 aliphatic carbocycles. The van der Waals surface area contributed by atoms with Crippen LogP contribution in [0.4, 0.5) is 13.2 Å². The van der Waals surface area contributed by atoms with E-state index in [1.165, 1.54) is 13.0 Å². The number of unbranched alkanes of at least 4 members (excludes halogenated alkanes) is 1. The molecule has 0 heterocycles. The van der Waals surface area contributed by atoms with Crippen LogP contribution >= 0.6 is 0 Å². The first kappa shape index (κ1) is 17.0. The molecule has 0 amide bonds. The molecule has 0 saturated carbocycles. The van der Waals surface area contributed by atoms with Crippen molar-refractivity contribution in [3.8, 4) is 0 Å². The van der Waals surface area contributed by atoms with Gasteiger partial charge in [-0.2, -0.15) is 13.2 Å². The van der Waals surface area contributed by atoms with E-state index in [0.717, 1.165) is 6.08 Å². The number of hydrogen-bond acceptors (Lipinski definition) is 1. The molecule has 1 N–H and O–H groups in total. The molecule has 104 valence electrons. The monoisotopic (exact) mass is 262 g/mol. The summed E-state index contributed by atoms with van der Waals surface area (Å²) in [6, 6.07) is 0. The van der Waals surface area contributed by atoms with E-state index >= 15 is 0 Å². The van der Waals surface area contributed by atoms with Gasteiger partial charge in [-0.25, -0.2) is 0 Å². The highest BCUT2D eigenvalue weighted by atomic mass is 19.4. The number of halogens is 3. The van der Waals surface area contributed by atoms with Crippen molar-refractivity contribution in [2.45, 2.75) is 51.8 Å². The van der Waals surface area contributed by atoms with E-state index in [1.807, 2.05) is 0 Å². The molecule has 1 nitrogen and oxygen atoms in total. The van der Waals surface area contributed by atoms with Gasteiger partial charge in [-0.3, -0.25) is 0 Å². The number of rotatable bonds is 7. The summed E-state index contributed by atoms with van der Waals surface area (Å²) in [6.07, 6.45) is 0.556. The first-order valence-corrected chi connectivity index (χ1v) is 6.11. The molecule has 0 aromatic rings. The third-order valence-corrected chi connectivity index (χ3v) is 2.58. The van der Waals surface area contributed by atoms with Crippen LogP contribution in [0.1, 0.15) is 39.5 Å². The molecule has 1 atom stereocenters. The number of allylic oxidation sites excluding steroid dienone is 3. The van der Waals surface area contributed by atoms with Crippen molar-refractivity contribution in [3.05, 3.63) is 36.0 Å². The quantitative estimate of drug-likeness (QED) is 0.405. The van der Waals surface area contributed by atoms with E-state index in [-0.39, 0.29) is 12.0 Å². The van der Waals surface area contributed by atoms with Gasteiger partial charge in [-0.05, 0) is 38.2 Å². The molecule has 0 rings (SSSR count). The van der Waals surface area contributed by atoms with Gasteiger partial charge in [0.05, 0.1) is 11.7 Å². The highest BCUT2D eigenvalue weighted by Crippen LogP contribution is 2.34. The lowest BCUT2D eigenvalue weighted by atomic mass is 9.95. The first-order chi connectivity index (χ1) is 8.38. The summed E-state index contributed by atoms with van der Waals surface area (Å²) in [4.78, 5) is 0. The van der Waals surface area contributed by atoms with Gasteiger partial charge in [0.25, 0.3) is 0 Å². The topological polar surface area (TPSA) is 20.2 Å². The SMILES string of the molecule is C=CCCCC(O)C(=CC)C(=CCC)C(F)(F)F. The van der Waals surface area contributed by atoms with Crippen molar-refractivity contribution in [1.82, 2.24) is 0 Å². The van der Waals surface area contributed by atoms with E-state index in [4.69, 9.17) is 0 Å². The van der Waals surface area contributed by atoms with Gasteiger partial charge in [-0.15, -0.1) is 6.58 Å². The van der Waals surface area contributed by atoms with Crippen LogP contribution in [-0.2, 0) is 0 Å². The van der Waals surface area contributed by atoms with Crippen molar-refractivity contribution in [2.24, 2.45) is 0 Å². The predicted octanol–water partition coefficient (Wildman–Crippen LogP) is 4.55. The third-order valence-electron chi connectivity index (χ3n) is 2.58. The molecule has 0 aromatic heterocycles. The van der Waals surface area contributed by atoms with Crippen LogP contribution in [0.2, 0.25) is 0 Å². The fraction of sp³-hybridized carbons (Fsp3) is 0.571. The summed E-state index contributed by atoms with van der Waals surface area (Å²) in [6.45, 7) is 6.70. The van der Waals surface area contributed by atoms with Gasteiger partial charge in [0.1, 0.15) is 0 Å². The lowest BCUT2D eigenvalue weighted by molar-refractivity contribution is -0.0912. The summed E-state index contributed by atoms with van der Waals surface area (Å²) in [7, 11) is 0. The van der Waals surface area contributed by atoms with Gasteiger partial charge in [-0.1, -0.05) is 25.2 Å². The van der Waals surface area contributed by atoms with Gasteiger partial charge < -0.3 is 5.11 Å². The molecule has 1 unspecified atom stereocenters. The maximum atomic E-state index is 12.9. The van der Waals surface area contributed by atoms with Gasteiger partial charge in [0.15, 0.2) is 0 Å². The zero-order valence-corrected chi connectivity index (χ0v) is 10.9. The average Bonchev–Trinajstić information content (AvgIpc) is 2.28. The Labute approximate surface area is 107 Å². The summed E-state index contributed by atoms with van der Waals surface area (Å²) >= 11 is 0. The Morgan fingerprint density at radius 2 is 2.00 bits per heavy atom. The van der Waals surface area contributed by atoms with Crippen LogP contribution in [0.3, 0.4) is 0 Å². The van der Waals surface area contributed by atoms with Crippen LogP contribution in [0.5, 0.6) is 0 Å². The molecular weight excluding hydrogens is 241 g/mol. The molecule has 0 aliphatic heterocycles. The molecule has 0 spiro atoms. The fourth-order valence-corrected chi connectivity index (χ4v) is 1.74. The Bertz CT molecular complexity index is 313. The van der Waals surface area contributed by atoms with Crippen molar-refractivity contribution in [2.75, 3.05) is 0 Å². The normalized spacial score (nSPS) is 15.7. The predicted molar refractivity (Wildman–Crippen MR) is 68.2 cm³/mol. The summed E-state index contributed by atoms with van der Waals surface area (Å²) in [5.74, 6) is 0. The Morgan fingerprint density at radius 3 is 2.39 bits per heavy atom. The van der Waals surface area contributed by atoms with E-state index < -0.39 is 17.9 Å². The smallest absolute Gasteiger partial charge is 0.388 e. The van der Waals surface area contributed by atoms with Crippen molar-refractivity contribution >= 4 is 0 Å². The Balaban J connectivity index is 4.93. The summed E-state index contributed by atoms with van der Waals surface area (Å²) in [5, 5.41) is 9.85. The van der Waals surface area contributed by atoms with Crippen LogP contribution in [0.15, 0.2) is 36.0 Å². The van der Waals surface area contributed by atoms with E-state index in [2.05, 4.69) is 6.58 Å². The number of hydrogen-bond donors (Lipinski definition) is 1. The van der Waals surface area contributed by atoms with Crippen molar-refractivity contribution < 1.29 is 18.3 Å². The Hall–Kier alpha value is -1.03. The van der Waals surface area contributed by atoms with E-state index in [1.54, 1.807) is 13.0 Å². The number of aliphatic hydroxyl groups excluding tert-OH is 1. The molecule has 0 aliphatic rings. The minimum absolute atomic E-state index is 0.0339. The van der Waals surface area contributed by atoms with Crippen molar-refractivity contribution in [3.63, 3.8) is 0 Å². The minimum atomic E-state index is -4.42. The minimum Gasteiger partial charge on any atom is -0.388 e. The number of alkyl halides is 3. The fourth-order valence-electron chi connectivity index (χ4n) is 1.74. The van der Waals surface area contributed by atoms with Gasteiger partial charge >= 0.3 is 6.18 Å². The van der Waals surface area contributed by atoms with E-state index in [9.17, 15) is 18.3 Å². The molecular formula is C14H21F3O. The van der Waals surface area contributed by atoms with Crippen LogP contribution in [0.25, 0.3) is 0 Å². The largest absolute Gasteiger partial charge is 0.416 e. The van der Waals surface area contributed by atoms with Crippen molar-refractivity contribution in [1.29, 1.82) is 0 Å². The standard InChI is InChI=1S/C14H21F3O/c1-4-7-8-10-13(18)11(6-3)12(9-5-2)14(15,16)17/h4,6,9,13,18H,1,5,7-8,10H2,2-3H3. The first-order valence-electron chi connectivity index (χ1n) is 6.11. The van der Waals surface area contributed by atoms with E-state index in [0.29, 0.717) is 19.3 Å². The summed E-state index contributed by atoms with van der Waals surface area (Å²) in [5.41, 5.74) is -0.757. The number of aliphatic hydroxyl groups is 1. The maximum Gasteiger partial charge on any atom is 0.416 e. The molecule has 18 heavy (non-hydrogen) atoms. The molecule has 4 heteroatoms. The van der Waals surface area contributed by atoms with Crippen LogP contribution < -0.4 is 0 Å². The zero-order valence-electron chi connectivity index (χ0n) is 10.9.